The van der Waals surface area contributed by atoms with E-state index in [4.69, 9.17) is 4.74 Å². The first-order chi connectivity index (χ1) is 16.8. The van der Waals surface area contributed by atoms with E-state index in [1.54, 1.807) is 6.92 Å². The van der Waals surface area contributed by atoms with E-state index < -0.39 is 29.6 Å². The number of nitriles is 1. The SMILES string of the molecule is CCCCCCCCCC(CC(C)C#N)OC(=O)c1c(C(=O)O)cc(C(=O)O)cc1-c1ncc[nH]1. The van der Waals surface area contributed by atoms with Gasteiger partial charge in [-0.15, -0.1) is 0 Å². The van der Waals surface area contributed by atoms with Crippen LogP contribution in [-0.4, -0.2) is 44.2 Å². The van der Waals surface area contributed by atoms with Gasteiger partial charge in [0.05, 0.1) is 22.8 Å². The highest BCUT2D eigenvalue weighted by Crippen LogP contribution is 2.29. The maximum Gasteiger partial charge on any atom is 0.340 e. The number of esters is 1. The molecule has 3 N–H and O–H groups in total. The smallest absolute Gasteiger partial charge is 0.340 e. The number of hydrogen-bond acceptors (Lipinski definition) is 6. The molecule has 0 aliphatic rings. The Morgan fingerprint density at radius 3 is 2.34 bits per heavy atom. The number of ether oxygens (including phenoxy) is 1. The van der Waals surface area contributed by atoms with Crippen LogP contribution in [0.1, 0.15) is 103 Å². The van der Waals surface area contributed by atoms with Crippen molar-refractivity contribution in [2.75, 3.05) is 0 Å². The third-order valence-corrected chi connectivity index (χ3v) is 5.81. The average molecular weight is 484 g/mol. The van der Waals surface area contributed by atoms with E-state index >= 15 is 0 Å². The van der Waals surface area contributed by atoms with Crippen molar-refractivity contribution in [2.45, 2.75) is 77.7 Å². The number of carbonyl (C=O) groups is 3. The van der Waals surface area contributed by atoms with Crippen molar-refractivity contribution in [3.63, 3.8) is 0 Å². The number of rotatable bonds is 15. The minimum Gasteiger partial charge on any atom is -0.478 e. The topological polar surface area (TPSA) is 153 Å². The molecule has 1 aromatic carbocycles. The van der Waals surface area contributed by atoms with Crippen LogP contribution in [0, 0.1) is 17.2 Å². The Morgan fingerprint density at radius 1 is 1.09 bits per heavy atom. The summed E-state index contributed by atoms with van der Waals surface area (Å²) in [5.41, 5.74) is -1.01. The van der Waals surface area contributed by atoms with Gasteiger partial charge in [0.25, 0.3) is 0 Å². The van der Waals surface area contributed by atoms with Crippen LogP contribution in [0.2, 0.25) is 0 Å². The minimum atomic E-state index is -1.46. The zero-order valence-electron chi connectivity index (χ0n) is 20.2. The fraction of sp³-hybridized carbons (Fsp3) is 0.500. The number of aromatic amines is 1. The predicted octanol–water partition coefficient (Wildman–Crippen LogP) is 5.69. The molecule has 0 spiro atoms. The van der Waals surface area contributed by atoms with Crippen molar-refractivity contribution in [1.82, 2.24) is 9.97 Å². The third kappa shape index (κ3) is 8.25. The lowest BCUT2D eigenvalue weighted by Gasteiger charge is -2.21. The van der Waals surface area contributed by atoms with Gasteiger partial charge in [-0.1, -0.05) is 45.4 Å². The predicted molar refractivity (Wildman–Crippen MR) is 129 cm³/mol. The lowest BCUT2D eigenvalue weighted by atomic mass is 9.96. The molecule has 9 nitrogen and oxygen atoms in total. The maximum atomic E-state index is 13.3. The number of aromatic nitrogens is 2. The summed E-state index contributed by atoms with van der Waals surface area (Å²) in [6.45, 7) is 3.90. The molecule has 0 fully saturated rings. The normalized spacial score (nSPS) is 12.5. The lowest BCUT2D eigenvalue weighted by Crippen LogP contribution is -2.23. The Labute approximate surface area is 205 Å². The number of carboxylic acids is 2. The Kier molecular flexibility index (Phi) is 10.9. The number of hydrogen-bond donors (Lipinski definition) is 3. The fourth-order valence-electron chi connectivity index (χ4n) is 3.96. The van der Waals surface area contributed by atoms with Gasteiger partial charge in [-0.3, -0.25) is 0 Å². The lowest BCUT2D eigenvalue weighted by molar-refractivity contribution is 0.0231. The van der Waals surface area contributed by atoms with Gasteiger partial charge in [0, 0.05) is 23.9 Å². The van der Waals surface area contributed by atoms with Crippen LogP contribution < -0.4 is 0 Å². The average Bonchev–Trinajstić information content (AvgIpc) is 3.37. The van der Waals surface area contributed by atoms with Crippen LogP contribution in [0.3, 0.4) is 0 Å². The molecule has 2 aromatic rings. The molecule has 0 aliphatic heterocycles. The largest absolute Gasteiger partial charge is 0.478 e. The van der Waals surface area contributed by atoms with Crippen molar-refractivity contribution >= 4 is 17.9 Å². The molecule has 2 unspecified atom stereocenters. The molecule has 0 bridgehead atoms. The van der Waals surface area contributed by atoms with Gasteiger partial charge in [-0.25, -0.2) is 19.4 Å². The van der Waals surface area contributed by atoms with E-state index in [0.29, 0.717) is 12.8 Å². The van der Waals surface area contributed by atoms with Crippen molar-refractivity contribution in [1.29, 1.82) is 5.26 Å². The molecule has 35 heavy (non-hydrogen) atoms. The molecule has 0 radical (unpaired) electrons. The number of aromatic carboxylic acids is 2. The highest BCUT2D eigenvalue weighted by molar-refractivity contribution is 6.09. The molecule has 2 rings (SSSR count). The van der Waals surface area contributed by atoms with Crippen LogP contribution in [0.15, 0.2) is 24.5 Å². The zero-order chi connectivity index (χ0) is 25.8. The molecule has 0 saturated heterocycles. The molecule has 188 valence electrons. The molecule has 2 atom stereocenters. The van der Waals surface area contributed by atoms with Crippen LogP contribution >= 0.6 is 0 Å². The fourth-order valence-corrected chi connectivity index (χ4v) is 3.96. The van der Waals surface area contributed by atoms with E-state index in [1.165, 1.54) is 37.7 Å². The van der Waals surface area contributed by atoms with E-state index in [1.807, 2.05) is 0 Å². The number of imidazole rings is 1. The van der Waals surface area contributed by atoms with E-state index in [9.17, 15) is 29.9 Å². The molecule has 0 saturated carbocycles. The van der Waals surface area contributed by atoms with Crippen molar-refractivity contribution < 1.29 is 29.3 Å². The summed E-state index contributed by atoms with van der Waals surface area (Å²) >= 11 is 0. The summed E-state index contributed by atoms with van der Waals surface area (Å²) < 4.78 is 5.74. The molecule has 1 heterocycles. The summed E-state index contributed by atoms with van der Waals surface area (Å²) in [4.78, 5) is 43.7. The number of benzene rings is 1. The molecule has 9 heteroatoms. The van der Waals surface area contributed by atoms with Crippen molar-refractivity contribution in [2.24, 2.45) is 5.92 Å². The molecule has 0 aliphatic carbocycles. The first-order valence-corrected chi connectivity index (χ1v) is 12.0. The van der Waals surface area contributed by atoms with Crippen LogP contribution in [0.4, 0.5) is 0 Å². The van der Waals surface area contributed by atoms with Crippen LogP contribution in [0.5, 0.6) is 0 Å². The van der Waals surface area contributed by atoms with Crippen LogP contribution in [0.25, 0.3) is 11.4 Å². The number of nitrogens with one attached hydrogen (secondary N) is 1. The van der Waals surface area contributed by atoms with Gasteiger partial charge in [-0.05, 0) is 38.3 Å². The Hall–Kier alpha value is -3.67. The number of carbonyl (C=O) groups excluding carboxylic acids is 1. The summed E-state index contributed by atoms with van der Waals surface area (Å²) in [5.74, 6) is -3.88. The number of unbranched alkanes of at least 4 members (excludes halogenated alkanes) is 6. The molecular weight excluding hydrogens is 450 g/mol. The second-order valence-corrected chi connectivity index (χ2v) is 8.70. The highest BCUT2D eigenvalue weighted by atomic mass is 16.5. The Bertz CT molecular complexity index is 1040. The van der Waals surface area contributed by atoms with Gasteiger partial charge in [0.1, 0.15) is 11.9 Å². The zero-order valence-corrected chi connectivity index (χ0v) is 20.2. The highest BCUT2D eigenvalue weighted by Gasteiger charge is 2.29. The van der Waals surface area contributed by atoms with Crippen LogP contribution in [-0.2, 0) is 4.74 Å². The first kappa shape index (κ1) is 27.6. The Balaban J connectivity index is 2.29. The quantitative estimate of drug-likeness (QED) is 0.216. The van der Waals surface area contributed by atoms with Crippen molar-refractivity contribution in [3.8, 4) is 17.5 Å². The number of carboxylic acid groups (broad SMARTS) is 2. The minimum absolute atomic E-state index is 0.0281. The van der Waals surface area contributed by atoms with Gasteiger partial charge < -0.3 is 19.9 Å². The summed E-state index contributed by atoms with van der Waals surface area (Å²) in [6, 6.07) is 4.29. The van der Waals surface area contributed by atoms with Crippen molar-refractivity contribution in [3.05, 3.63) is 41.2 Å². The second kappa shape index (κ2) is 13.9. The van der Waals surface area contributed by atoms with E-state index in [2.05, 4.69) is 23.0 Å². The van der Waals surface area contributed by atoms with E-state index in [0.717, 1.165) is 31.7 Å². The van der Waals surface area contributed by atoms with Gasteiger partial charge in [-0.2, -0.15) is 5.26 Å². The Morgan fingerprint density at radius 2 is 1.77 bits per heavy atom. The standard InChI is InChI=1S/C26H33N3O6/c1-3-4-5-6-7-8-9-10-19(13-17(2)16-27)35-26(34)22-20(23-28-11-12-29-23)14-18(24(30)31)15-21(22)25(32)33/h11-12,14-15,17,19H,3-10,13H2,1-2H3,(H,28,29)(H,30,31)(H,32,33). The summed E-state index contributed by atoms with van der Waals surface area (Å²) in [5, 5.41) is 28.4. The summed E-state index contributed by atoms with van der Waals surface area (Å²) in [7, 11) is 0. The van der Waals surface area contributed by atoms with Gasteiger partial charge >= 0.3 is 17.9 Å². The second-order valence-electron chi connectivity index (χ2n) is 8.70. The molecule has 1 aromatic heterocycles. The van der Waals surface area contributed by atoms with Gasteiger partial charge in [0.15, 0.2) is 0 Å². The monoisotopic (exact) mass is 483 g/mol. The number of H-pyrrole nitrogens is 1. The maximum absolute atomic E-state index is 13.3. The third-order valence-electron chi connectivity index (χ3n) is 5.81. The van der Waals surface area contributed by atoms with Gasteiger partial charge in [0.2, 0.25) is 0 Å². The first-order valence-electron chi connectivity index (χ1n) is 12.0. The number of nitrogens with zero attached hydrogens (tertiary/aromatic N) is 2. The summed E-state index contributed by atoms with van der Waals surface area (Å²) in [6.07, 6.45) is 10.8. The molecule has 0 amide bonds. The van der Waals surface area contributed by atoms with E-state index in [-0.39, 0.29) is 28.4 Å². The molecular formula is C26H33N3O6.